The van der Waals surface area contributed by atoms with E-state index in [-0.39, 0.29) is 11.4 Å². The lowest BCUT2D eigenvalue weighted by Crippen LogP contribution is -2.23. The Morgan fingerprint density at radius 2 is 2.20 bits per heavy atom. The summed E-state index contributed by atoms with van der Waals surface area (Å²) in [7, 11) is -1.73. The van der Waals surface area contributed by atoms with Gasteiger partial charge in [-0.15, -0.1) is 0 Å². The molecule has 2 rings (SSSR count). The molecule has 0 bridgehead atoms. The lowest BCUT2D eigenvalue weighted by atomic mass is 10.4. The molecule has 20 heavy (non-hydrogen) atoms. The predicted molar refractivity (Wildman–Crippen MR) is 74.4 cm³/mol. The van der Waals surface area contributed by atoms with E-state index in [1.54, 1.807) is 23.0 Å². The molecule has 0 amide bonds. The Labute approximate surface area is 118 Å². The van der Waals surface area contributed by atoms with Gasteiger partial charge in [-0.1, -0.05) is 6.07 Å². The van der Waals surface area contributed by atoms with Crippen molar-refractivity contribution in [1.29, 1.82) is 0 Å². The van der Waals surface area contributed by atoms with Crippen molar-refractivity contribution in [2.24, 2.45) is 0 Å². The molecule has 0 atom stereocenters. The SMILES string of the molecule is CNCCn1cc(S(=O)(=O)NCc2ccccn2)cn1. The largest absolute Gasteiger partial charge is 0.318 e. The number of nitrogens with one attached hydrogen (secondary N) is 2. The van der Waals surface area contributed by atoms with Crippen LogP contribution in [0.1, 0.15) is 5.69 Å². The van der Waals surface area contributed by atoms with E-state index in [1.807, 2.05) is 13.1 Å². The average molecular weight is 295 g/mol. The first-order chi connectivity index (χ1) is 9.62. The second kappa shape index (κ2) is 6.60. The van der Waals surface area contributed by atoms with Crippen molar-refractivity contribution in [3.63, 3.8) is 0 Å². The molecule has 0 spiro atoms. The third-order valence-corrected chi connectivity index (χ3v) is 4.04. The molecule has 0 radical (unpaired) electrons. The minimum Gasteiger partial charge on any atom is -0.318 e. The fourth-order valence-electron chi connectivity index (χ4n) is 1.59. The first-order valence-electron chi connectivity index (χ1n) is 6.18. The molecule has 0 aromatic carbocycles. The van der Waals surface area contributed by atoms with Gasteiger partial charge < -0.3 is 5.32 Å². The zero-order chi connectivity index (χ0) is 14.4. The van der Waals surface area contributed by atoms with Gasteiger partial charge in [0.25, 0.3) is 0 Å². The van der Waals surface area contributed by atoms with Crippen LogP contribution in [0.25, 0.3) is 0 Å². The lowest BCUT2D eigenvalue weighted by Gasteiger charge is -2.04. The highest BCUT2D eigenvalue weighted by Crippen LogP contribution is 2.07. The number of nitrogens with zero attached hydrogens (tertiary/aromatic N) is 3. The Balaban J connectivity index is 2.01. The van der Waals surface area contributed by atoms with Gasteiger partial charge in [-0.2, -0.15) is 5.10 Å². The topological polar surface area (TPSA) is 88.9 Å². The van der Waals surface area contributed by atoms with E-state index in [2.05, 4.69) is 20.1 Å². The van der Waals surface area contributed by atoms with Crippen molar-refractivity contribution in [1.82, 2.24) is 24.8 Å². The van der Waals surface area contributed by atoms with Crippen LogP contribution in [-0.2, 0) is 23.1 Å². The Kier molecular flexibility index (Phi) is 4.83. The van der Waals surface area contributed by atoms with Crippen LogP contribution in [-0.4, -0.2) is 36.8 Å². The van der Waals surface area contributed by atoms with Gasteiger partial charge in [-0.25, -0.2) is 13.1 Å². The average Bonchev–Trinajstić information content (AvgIpc) is 2.94. The Hall–Kier alpha value is -1.77. The van der Waals surface area contributed by atoms with Gasteiger partial charge >= 0.3 is 0 Å². The molecule has 0 saturated heterocycles. The Morgan fingerprint density at radius 3 is 2.90 bits per heavy atom. The summed E-state index contributed by atoms with van der Waals surface area (Å²) in [5, 5.41) is 6.99. The van der Waals surface area contributed by atoms with E-state index in [1.165, 1.54) is 12.4 Å². The maximum absolute atomic E-state index is 12.1. The number of sulfonamides is 1. The van der Waals surface area contributed by atoms with Crippen molar-refractivity contribution in [3.8, 4) is 0 Å². The molecule has 8 heteroatoms. The van der Waals surface area contributed by atoms with Crippen LogP contribution in [0.4, 0.5) is 0 Å². The first-order valence-corrected chi connectivity index (χ1v) is 7.67. The number of likely N-dealkylation sites (N-methyl/N-ethyl adjacent to an activating group) is 1. The highest BCUT2D eigenvalue weighted by Gasteiger charge is 2.16. The molecule has 0 aliphatic rings. The summed E-state index contributed by atoms with van der Waals surface area (Å²) in [4.78, 5) is 4.22. The minimum absolute atomic E-state index is 0.157. The van der Waals surface area contributed by atoms with Crippen molar-refractivity contribution in [2.45, 2.75) is 18.0 Å². The van der Waals surface area contributed by atoms with Gasteiger partial charge in [0.2, 0.25) is 10.0 Å². The van der Waals surface area contributed by atoms with Gasteiger partial charge in [0, 0.05) is 18.9 Å². The van der Waals surface area contributed by atoms with E-state index in [4.69, 9.17) is 0 Å². The molecule has 0 aliphatic heterocycles. The summed E-state index contributed by atoms with van der Waals surface area (Å²) in [6.07, 6.45) is 4.48. The molecule has 2 heterocycles. The van der Waals surface area contributed by atoms with E-state index in [9.17, 15) is 8.42 Å². The van der Waals surface area contributed by atoms with Gasteiger partial charge in [0.15, 0.2) is 0 Å². The predicted octanol–water partition coefficient (Wildman–Crippen LogP) is -0.0240. The Bertz CT molecular complexity index is 639. The number of rotatable bonds is 7. The van der Waals surface area contributed by atoms with Gasteiger partial charge in [0.05, 0.1) is 25.0 Å². The molecular formula is C12H17N5O2S. The number of pyridine rings is 1. The molecule has 2 N–H and O–H groups in total. The van der Waals surface area contributed by atoms with Crippen LogP contribution in [0.2, 0.25) is 0 Å². The monoisotopic (exact) mass is 295 g/mol. The highest BCUT2D eigenvalue weighted by molar-refractivity contribution is 7.89. The summed E-state index contributed by atoms with van der Waals surface area (Å²) in [6.45, 7) is 1.50. The van der Waals surface area contributed by atoms with E-state index >= 15 is 0 Å². The first kappa shape index (κ1) is 14.6. The summed E-state index contributed by atoms with van der Waals surface area (Å²) < 4.78 is 28.3. The van der Waals surface area contributed by atoms with Crippen molar-refractivity contribution >= 4 is 10.0 Å². The zero-order valence-electron chi connectivity index (χ0n) is 11.2. The molecule has 0 aliphatic carbocycles. The van der Waals surface area contributed by atoms with Crippen molar-refractivity contribution < 1.29 is 8.42 Å². The second-order valence-corrected chi connectivity index (χ2v) is 5.96. The molecule has 0 fully saturated rings. The third kappa shape index (κ3) is 3.86. The van der Waals surface area contributed by atoms with Crippen LogP contribution >= 0.6 is 0 Å². The fourth-order valence-corrected chi connectivity index (χ4v) is 2.54. The van der Waals surface area contributed by atoms with Crippen LogP contribution < -0.4 is 10.0 Å². The summed E-state index contributed by atoms with van der Waals surface area (Å²) in [6, 6.07) is 5.36. The van der Waals surface area contributed by atoms with E-state index < -0.39 is 10.0 Å². The quantitative estimate of drug-likeness (QED) is 0.749. The van der Waals surface area contributed by atoms with E-state index in [0.29, 0.717) is 12.2 Å². The van der Waals surface area contributed by atoms with Crippen LogP contribution in [0.5, 0.6) is 0 Å². The van der Waals surface area contributed by atoms with Crippen LogP contribution in [0, 0.1) is 0 Å². The van der Waals surface area contributed by atoms with Crippen molar-refractivity contribution in [2.75, 3.05) is 13.6 Å². The summed E-state index contributed by atoms with van der Waals surface area (Å²) in [5.41, 5.74) is 0.665. The lowest BCUT2D eigenvalue weighted by molar-refractivity contribution is 0.575. The third-order valence-electron chi connectivity index (χ3n) is 2.68. The summed E-state index contributed by atoms with van der Waals surface area (Å²) >= 11 is 0. The zero-order valence-corrected chi connectivity index (χ0v) is 12.0. The van der Waals surface area contributed by atoms with Crippen molar-refractivity contribution in [3.05, 3.63) is 42.5 Å². The number of hydrogen-bond donors (Lipinski definition) is 2. The molecule has 2 aromatic rings. The minimum atomic E-state index is -3.56. The summed E-state index contributed by atoms with van der Waals surface area (Å²) in [5.74, 6) is 0. The molecule has 0 saturated carbocycles. The standard InChI is InChI=1S/C12H17N5O2S/c1-13-6-7-17-10-12(9-15-17)20(18,19)16-8-11-4-2-3-5-14-11/h2-5,9-10,13,16H,6-8H2,1H3. The van der Waals surface area contributed by atoms with Crippen LogP contribution in [0.15, 0.2) is 41.7 Å². The normalized spacial score (nSPS) is 11.7. The highest BCUT2D eigenvalue weighted by atomic mass is 32.2. The van der Waals surface area contributed by atoms with Gasteiger partial charge in [0.1, 0.15) is 4.90 Å². The molecule has 108 valence electrons. The number of hydrogen-bond acceptors (Lipinski definition) is 5. The molecule has 2 aromatic heterocycles. The van der Waals surface area contributed by atoms with Gasteiger partial charge in [-0.05, 0) is 19.2 Å². The second-order valence-electron chi connectivity index (χ2n) is 4.19. The molecule has 7 nitrogen and oxygen atoms in total. The maximum atomic E-state index is 12.1. The van der Waals surface area contributed by atoms with Crippen LogP contribution in [0.3, 0.4) is 0 Å². The molecule has 0 unspecified atom stereocenters. The smallest absolute Gasteiger partial charge is 0.244 e. The fraction of sp³-hybridized carbons (Fsp3) is 0.333. The maximum Gasteiger partial charge on any atom is 0.244 e. The number of aromatic nitrogens is 3. The molecular weight excluding hydrogens is 278 g/mol. The van der Waals surface area contributed by atoms with E-state index in [0.717, 1.165) is 6.54 Å². The Morgan fingerprint density at radius 1 is 1.35 bits per heavy atom. The van der Waals surface area contributed by atoms with Gasteiger partial charge in [-0.3, -0.25) is 9.67 Å².